The number of carbonyl (C=O) groups is 1. The Labute approximate surface area is 218 Å². The van der Waals surface area contributed by atoms with Crippen LogP contribution in [-0.4, -0.2) is 12.6 Å². The molecule has 0 fully saturated rings. The van der Waals surface area contributed by atoms with E-state index in [4.69, 9.17) is 9.47 Å². The molecule has 36 heavy (non-hydrogen) atoms. The van der Waals surface area contributed by atoms with E-state index in [2.05, 4.69) is 51.1 Å². The SMILES string of the molecule is CCCCCCCCCCc1ccc2cc(OCc3ccc(C(=O)OC[C@H](C)CC)cc3)ccc2c1. The van der Waals surface area contributed by atoms with Gasteiger partial charge in [0.1, 0.15) is 12.4 Å². The van der Waals surface area contributed by atoms with Crippen LogP contribution in [0.1, 0.15) is 100 Å². The second-order valence-electron chi connectivity index (χ2n) is 10.2. The molecule has 3 aromatic rings. The van der Waals surface area contributed by atoms with Gasteiger partial charge in [-0.25, -0.2) is 4.79 Å². The van der Waals surface area contributed by atoms with Gasteiger partial charge >= 0.3 is 5.97 Å². The van der Waals surface area contributed by atoms with E-state index < -0.39 is 0 Å². The van der Waals surface area contributed by atoms with Gasteiger partial charge in [0.05, 0.1) is 12.2 Å². The summed E-state index contributed by atoms with van der Waals surface area (Å²) in [5.74, 6) is 0.972. The number of rotatable bonds is 16. The van der Waals surface area contributed by atoms with Crippen LogP contribution in [0.4, 0.5) is 0 Å². The van der Waals surface area contributed by atoms with Gasteiger partial charge in [-0.2, -0.15) is 0 Å². The first-order valence-corrected chi connectivity index (χ1v) is 14.0. The maximum atomic E-state index is 12.2. The quantitative estimate of drug-likeness (QED) is 0.149. The molecule has 0 heterocycles. The van der Waals surface area contributed by atoms with Crippen LogP contribution in [0.3, 0.4) is 0 Å². The number of aryl methyl sites for hydroxylation is 1. The van der Waals surface area contributed by atoms with E-state index >= 15 is 0 Å². The molecule has 0 unspecified atom stereocenters. The van der Waals surface area contributed by atoms with Gasteiger partial charge in [0.15, 0.2) is 0 Å². The van der Waals surface area contributed by atoms with Crippen molar-refractivity contribution >= 4 is 16.7 Å². The number of fused-ring (bicyclic) bond motifs is 1. The van der Waals surface area contributed by atoms with Gasteiger partial charge in [-0.3, -0.25) is 0 Å². The first kappa shape index (κ1) is 27.8. The summed E-state index contributed by atoms with van der Waals surface area (Å²) in [6, 6.07) is 20.6. The maximum Gasteiger partial charge on any atom is 0.338 e. The van der Waals surface area contributed by atoms with Crippen molar-refractivity contribution in [2.45, 2.75) is 91.6 Å². The molecule has 0 saturated heterocycles. The first-order chi connectivity index (χ1) is 17.6. The lowest BCUT2D eigenvalue weighted by Crippen LogP contribution is -2.11. The third kappa shape index (κ3) is 9.33. The molecule has 3 aromatic carbocycles. The van der Waals surface area contributed by atoms with E-state index in [0.717, 1.165) is 24.2 Å². The summed E-state index contributed by atoms with van der Waals surface area (Å²) >= 11 is 0. The van der Waals surface area contributed by atoms with Crippen molar-refractivity contribution < 1.29 is 14.3 Å². The summed E-state index contributed by atoms with van der Waals surface area (Å²) in [6.07, 6.45) is 13.0. The number of unbranched alkanes of at least 4 members (excludes halogenated alkanes) is 7. The standard InChI is InChI=1S/C33H44O3/c1-4-6-7-8-9-10-11-12-13-27-14-19-31-23-32(21-20-30(31)22-27)35-25-28-15-17-29(18-16-28)33(34)36-24-26(3)5-2/h14-23,26H,4-13,24-25H2,1-3H3/t26-/m1/s1. The molecule has 0 saturated carbocycles. The highest BCUT2D eigenvalue weighted by Gasteiger charge is 2.09. The second-order valence-corrected chi connectivity index (χ2v) is 10.2. The van der Waals surface area contributed by atoms with Crippen molar-refractivity contribution in [1.82, 2.24) is 0 Å². The monoisotopic (exact) mass is 488 g/mol. The minimum atomic E-state index is -0.265. The van der Waals surface area contributed by atoms with E-state index in [0.29, 0.717) is 24.7 Å². The minimum absolute atomic E-state index is 0.265. The first-order valence-electron chi connectivity index (χ1n) is 14.0. The molecule has 0 N–H and O–H groups in total. The van der Waals surface area contributed by atoms with Gasteiger partial charge in [0.2, 0.25) is 0 Å². The summed E-state index contributed by atoms with van der Waals surface area (Å²) < 4.78 is 11.4. The Morgan fingerprint density at radius 2 is 1.39 bits per heavy atom. The Morgan fingerprint density at radius 3 is 2.11 bits per heavy atom. The van der Waals surface area contributed by atoms with Crippen molar-refractivity contribution in [1.29, 1.82) is 0 Å². The summed E-state index contributed by atoms with van der Waals surface area (Å²) in [6.45, 7) is 7.37. The van der Waals surface area contributed by atoms with Gasteiger partial charge in [0, 0.05) is 0 Å². The molecular weight excluding hydrogens is 444 g/mol. The molecule has 0 bridgehead atoms. The molecule has 0 aliphatic heterocycles. The summed E-state index contributed by atoms with van der Waals surface area (Å²) in [4.78, 5) is 12.2. The number of hydrogen-bond donors (Lipinski definition) is 0. The van der Waals surface area contributed by atoms with E-state index in [1.165, 1.54) is 67.7 Å². The molecule has 194 valence electrons. The summed E-state index contributed by atoms with van der Waals surface area (Å²) in [5.41, 5.74) is 3.02. The molecule has 0 amide bonds. The fourth-order valence-corrected chi connectivity index (χ4v) is 4.30. The molecule has 0 radical (unpaired) electrons. The highest BCUT2D eigenvalue weighted by Crippen LogP contribution is 2.24. The molecule has 1 atom stereocenters. The lowest BCUT2D eigenvalue weighted by atomic mass is 10.0. The zero-order valence-corrected chi connectivity index (χ0v) is 22.6. The highest BCUT2D eigenvalue weighted by molar-refractivity contribution is 5.89. The van der Waals surface area contributed by atoms with Gasteiger partial charge in [-0.15, -0.1) is 0 Å². The largest absolute Gasteiger partial charge is 0.489 e. The average molecular weight is 489 g/mol. The third-order valence-electron chi connectivity index (χ3n) is 6.99. The number of carbonyl (C=O) groups excluding carboxylic acids is 1. The smallest absolute Gasteiger partial charge is 0.338 e. The summed E-state index contributed by atoms with van der Waals surface area (Å²) in [7, 11) is 0. The highest BCUT2D eigenvalue weighted by atomic mass is 16.5. The molecule has 3 rings (SSSR count). The van der Waals surface area contributed by atoms with Crippen LogP contribution >= 0.6 is 0 Å². The minimum Gasteiger partial charge on any atom is -0.489 e. The van der Waals surface area contributed by atoms with Crippen molar-refractivity contribution in [3.63, 3.8) is 0 Å². The molecule has 0 spiro atoms. The molecular formula is C33H44O3. The number of benzene rings is 3. The zero-order valence-electron chi connectivity index (χ0n) is 22.6. The van der Waals surface area contributed by atoms with Crippen LogP contribution in [0.25, 0.3) is 10.8 Å². The molecule has 3 heteroatoms. The number of esters is 1. The zero-order chi connectivity index (χ0) is 25.6. The van der Waals surface area contributed by atoms with Crippen molar-refractivity contribution in [2.24, 2.45) is 5.92 Å². The lowest BCUT2D eigenvalue weighted by Gasteiger charge is -2.11. The summed E-state index contributed by atoms with van der Waals surface area (Å²) in [5, 5.41) is 2.46. The van der Waals surface area contributed by atoms with Crippen LogP contribution in [0.15, 0.2) is 60.7 Å². The Morgan fingerprint density at radius 1 is 0.750 bits per heavy atom. The van der Waals surface area contributed by atoms with Crippen LogP contribution < -0.4 is 4.74 Å². The van der Waals surface area contributed by atoms with Gasteiger partial charge in [-0.1, -0.05) is 109 Å². The predicted octanol–water partition coefficient (Wildman–Crippen LogP) is 9.30. The van der Waals surface area contributed by atoms with E-state index in [1.54, 1.807) is 0 Å². The molecule has 0 aliphatic carbocycles. The molecule has 0 aliphatic rings. The van der Waals surface area contributed by atoms with Crippen LogP contribution in [0, 0.1) is 5.92 Å². The van der Waals surface area contributed by atoms with Crippen molar-refractivity contribution in [3.05, 3.63) is 77.4 Å². The number of hydrogen-bond acceptors (Lipinski definition) is 3. The Balaban J connectivity index is 1.44. The van der Waals surface area contributed by atoms with E-state index in [9.17, 15) is 4.79 Å². The van der Waals surface area contributed by atoms with Gasteiger partial charge in [0.25, 0.3) is 0 Å². The predicted molar refractivity (Wildman–Crippen MR) is 151 cm³/mol. The fraction of sp³-hybridized carbons (Fsp3) is 0.485. The van der Waals surface area contributed by atoms with Crippen molar-refractivity contribution in [3.8, 4) is 5.75 Å². The van der Waals surface area contributed by atoms with Crippen LogP contribution in [0.5, 0.6) is 5.75 Å². The normalized spacial score (nSPS) is 12.0. The van der Waals surface area contributed by atoms with E-state index in [-0.39, 0.29) is 5.97 Å². The topological polar surface area (TPSA) is 35.5 Å². The van der Waals surface area contributed by atoms with Crippen molar-refractivity contribution in [2.75, 3.05) is 6.61 Å². The number of ether oxygens (including phenoxy) is 2. The van der Waals surface area contributed by atoms with Gasteiger partial charge in [-0.05, 0) is 64.9 Å². The average Bonchev–Trinajstić information content (AvgIpc) is 2.92. The second kappa shape index (κ2) is 15.3. The maximum absolute atomic E-state index is 12.2. The van der Waals surface area contributed by atoms with E-state index in [1.807, 2.05) is 30.3 Å². The Hall–Kier alpha value is -2.81. The Bertz CT molecular complexity index is 1050. The van der Waals surface area contributed by atoms with Crippen LogP contribution in [-0.2, 0) is 17.8 Å². The third-order valence-corrected chi connectivity index (χ3v) is 6.99. The Kier molecular flexibility index (Phi) is 11.8. The lowest BCUT2D eigenvalue weighted by molar-refractivity contribution is 0.0447. The van der Waals surface area contributed by atoms with Crippen LogP contribution in [0.2, 0.25) is 0 Å². The fourth-order valence-electron chi connectivity index (χ4n) is 4.30. The van der Waals surface area contributed by atoms with Gasteiger partial charge < -0.3 is 9.47 Å². The molecule has 0 aromatic heterocycles. The molecule has 3 nitrogen and oxygen atoms in total.